The highest BCUT2D eigenvalue weighted by Gasteiger charge is 2.13. The molecule has 0 fully saturated rings. The Balaban J connectivity index is 2.12. The van der Waals surface area contributed by atoms with Crippen molar-refractivity contribution < 1.29 is 9.66 Å². The number of nitrogens with one attached hydrogen (secondary N) is 1. The second-order valence-electron chi connectivity index (χ2n) is 4.77. The summed E-state index contributed by atoms with van der Waals surface area (Å²) in [6.07, 6.45) is 1.74. The molecule has 2 rings (SSSR count). The molecule has 0 atom stereocenters. The van der Waals surface area contributed by atoms with Gasteiger partial charge in [0.15, 0.2) is 0 Å². The lowest BCUT2D eigenvalue weighted by molar-refractivity contribution is -0.385. The molecule has 21 heavy (non-hydrogen) atoms. The van der Waals surface area contributed by atoms with E-state index in [4.69, 9.17) is 4.74 Å². The molecular weight excluding hydrogens is 270 g/mol. The lowest BCUT2D eigenvalue weighted by atomic mass is 10.1. The van der Waals surface area contributed by atoms with Crippen LogP contribution in [0, 0.1) is 24.0 Å². The van der Waals surface area contributed by atoms with Gasteiger partial charge in [0.2, 0.25) is 5.88 Å². The standard InChI is InChI=1S/C15H17N3O3/c1-10-7-14(18(19)20)11(2)6-13(10)16-8-12-4-5-15(21-3)17-9-12/h4-7,9,16H,8H2,1-3H3. The summed E-state index contributed by atoms with van der Waals surface area (Å²) in [5.74, 6) is 0.570. The van der Waals surface area contributed by atoms with Gasteiger partial charge in [-0.2, -0.15) is 0 Å². The van der Waals surface area contributed by atoms with E-state index in [0.29, 0.717) is 18.0 Å². The summed E-state index contributed by atoms with van der Waals surface area (Å²) in [5.41, 5.74) is 3.51. The lowest BCUT2D eigenvalue weighted by Crippen LogP contribution is -2.03. The Labute approximate surface area is 122 Å². The minimum absolute atomic E-state index is 0.143. The number of aromatic nitrogens is 1. The van der Waals surface area contributed by atoms with Crippen molar-refractivity contribution in [1.29, 1.82) is 0 Å². The Kier molecular flexibility index (Phi) is 4.37. The molecule has 0 aliphatic carbocycles. The molecule has 0 unspecified atom stereocenters. The third-order valence-electron chi connectivity index (χ3n) is 3.23. The minimum atomic E-state index is -0.362. The van der Waals surface area contributed by atoms with E-state index in [2.05, 4.69) is 10.3 Å². The molecule has 1 N–H and O–H groups in total. The van der Waals surface area contributed by atoms with Crippen LogP contribution in [-0.4, -0.2) is 17.0 Å². The molecule has 0 aliphatic rings. The van der Waals surface area contributed by atoms with Crippen LogP contribution in [0.25, 0.3) is 0 Å². The second-order valence-corrected chi connectivity index (χ2v) is 4.77. The third kappa shape index (κ3) is 3.47. The summed E-state index contributed by atoms with van der Waals surface area (Å²) in [6, 6.07) is 7.10. The summed E-state index contributed by atoms with van der Waals surface area (Å²) in [6.45, 7) is 4.17. The maximum Gasteiger partial charge on any atom is 0.272 e. The first-order valence-corrected chi connectivity index (χ1v) is 6.49. The number of nitro groups is 1. The maximum atomic E-state index is 10.9. The number of anilines is 1. The topological polar surface area (TPSA) is 77.3 Å². The van der Waals surface area contributed by atoms with Gasteiger partial charge in [-0.25, -0.2) is 4.98 Å². The molecule has 0 bridgehead atoms. The van der Waals surface area contributed by atoms with Gasteiger partial charge in [-0.05, 0) is 31.0 Å². The first-order valence-electron chi connectivity index (χ1n) is 6.49. The molecule has 110 valence electrons. The van der Waals surface area contributed by atoms with E-state index < -0.39 is 0 Å². The van der Waals surface area contributed by atoms with Crippen LogP contribution in [0.5, 0.6) is 5.88 Å². The first-order chi connectivity index (χ1) is 10.0. The normalized spacial score (nSPS) is 10.2. The number of hydrogen-bond donors (Lipinski definition) is 1. The van der Waals surface area contributed by atoms with Crippen molar-refractivity contribution in [3.63, 3.8) is 0 Å². The monoisotopic (exact) mass is 287 g/mol. The van der Waals surface area contributed by atoms with Gasteiger partial charge in [0.1, 0.15) is 0 Å². The van der Waals surface area contributed by atoms with Gasteiger partial charge in [0.05, 0.1) is 12.0 Å². The number of methoxy groups -OCH3 is 1. The van der Waals surface area contributed by atoms with Crippen LogP contribution in [0.15, 0.2) is 30.5 Å². The largest absolute Gasteiger partial charge is 0.481 e. The van der Waals surface area contributed by atoms with Gasteiger partial charge in [-0.3, -0.25) is 10.1 Å². The Morgan fingerprint density at radius 2 is 2.05 bits per heavy atom. The molecule has 0 saturated heterocycles. The van der Waals surface area contributed by atoms with Crippen LogP contribution in [0.4, 0.5) is 11.4 Å². The number of nitrogens with zero attached hydrogens (tertiary/aromatic N) is 2. The first kappa shape index (κ1) is 14.8. The van der Waals surface area contributed by atoms with Crippen molar-refractivity contribution >= 4 is 11.4 Å². The highest BCUT2D eigenvalue weighted by atomic mass is 16.6. The molecule has 0 radical (unpaired) electrons. The molecule has 1 aromatic carbocycles. The average molecular weight is 287 g/mol. The number of aryl methyl sites for hydroxylation is 2. The van der Waals surface area contributed by atoms with Crippen LogP contribution >= 0.6 is 0 Å². The van der Waals surface area contributed by atoms with Gasteiger partial charge < -0.3 is 10.1 Å². The van der Waals surface area contributed by atoms with Gasteiger partial charge in [-0.15, -0.1) is 0 Å². The quantitative estimate of drug-likeness (QED) is 0.674. The van der Waals surface area contributed by atoms with E-state index in [1.807, 2.05) is 13.0 Å². The van der Waals surface area contributed by atoms with Crippen molar-refractivity contribution in [2.24, 2.45) is 0 Å². The van der Waals surface area contributed by atoms with Crippen molar-refractivity contribution in [3.05, 3.63) is 57.3 Å². The van der Waals surface area contributed by atoms with Crippen LogP contribution in [-0.2, 0) is 6.54 Å². The average Bonchev–Trinajstić information content (AvgIpc) is 2.48. The highest BCUT2D eigenvalue weighted by molar-refractivity contribution is 5.59. The fourth-order valence-electron chi connectivity index (χ4n) is 2.02. The van der Waals surface area contributed by atoms with Crippen LogP contribution in [0.2, 0.25) is 0 Å². The molecule has 6 heteroatoms. The summed E-state index contributed by atoms with van der Waals surface area (Å²) >= 11 is 0. The van der Waals surface area contributed by atoms with E-state index in [-0.39, 0.29) is 10.6 Å². The lowest BCUT2D eigenvalue weighted by Gasteiger charge is -2.11. The van der Waals surface area contributed by atoms with Crippen LogP contribution in [0.3, 0.4) is 0 Å². The van der Waals surface area contributed by atoms with E-state index >= 15 is 0 Å². The number of rotatable bonds is 5. The van der Waals surface area contributed by atoms with E-state index in [9.17, 15) is 10.1 Å². The molecular formula is C15H17N3O3. The number of pyridine rings is 1. The van der Waals surface area contributed by atoms with Gasteiger partial charge in [0, 0.05) is 36.1 Å². The summed E-state index contributed by atoms with van der Waals surface area (Å²) in [4.78, 5) is 14.7. The van der Waals surface area contributed by atoms with Crippen LogP contribution < -0.4 is 10.1 Å². The zero-order chi connectivity index (χ0) is 15.4. The molecule has 6 nitrogen and oxygen atoms in total. The van der Waals surface area contributed by atoms with E-state index in [0.717, 1.165) is 16.8 Å². The molecule has 0 spiro atoms. The molecule has 2 aromatic rings. The highest BCUT2D eigenvalue weighted by Crippen LogP contribution is 2.26. The Morgan fingerprint density at radius 3 is 2.62 bits per heavy atom. The minimum Gasteiger partial charge on any atom is -0.481 e. The number of nitro benzene ring substituents is 1. The number of hydrogen-bond acceptors (Lipinski definition) is 5. The summed E-state index contributed by atoms with van der Waals surface area (Å²) in [7, 11) is 1.57. The zero-order valence-corrected chi connectivity index (χ0v) is 12.2. The number of ether oxygens (including phenoxy) is 1. The Morgan fingerprint density at radius 1 is 1.29 bits per heavy atom. The van der Waals surface area contributed by atoms with Crippen molar-refractivity contribution in [2.75, 3.05) is 12.4 Å². The third-order valence-corrected chi connectivity index (χ3v) is 3.23. The van der Waals surface area contributed by atoms with Crippen LogP contribution in [0.1, 0.15) is 16.7 Å². The predicted octanol–water partition coefficient (Wildman–Crippen LogP) is 3.23. The van der Waals surface area contributed by atoms with Gasteiger partial charge in [-0.1, -0.05) is 6.07 Å². The fourth-order valence-corrected chi connectivity index (χ4v) is 2.02. The van der Waals surface area contributed by atoms with Crippen molar-refractivity contribution in [3.8, 4) is 5.88 Å². The smallest absolute Gasteiger partial charge is 0.272 e. The Bertz CT molecular complexity index is 654. The second kappa shape index (κ2) is 6.21. The van der Waals surface area contributed by atoms with Gasteiger partial charge >= 0.3 is 0 Å². The summed E-state index contributed by atoms with van der Waals surface area (Å²) < 4.78 is 5.01. The molecule has 1 aromatic heterocycles. The van der Waals surface area contributed by atoms with Gasteiger partial charge in [0.25, 0.3) is 5.69 Å². The molecule has 0 amide bonds. The zero-order valence-electron chi connectivity index (χ0n) is 12.2. The Hall–Kier alpha value is -2.63. The SMILES string of the molecule is COc1ccc(CNc2cc(C)c([N+](=O)[O-])cc2C)cn1. The fraction of sp³-hybridized carbons (Fsp3) is 0.267. The van der Waals surface area contributed by atoms with Crippen molar-refractivity contribution in [1.82, 2.24) is 4.98 Å². The molecule has 0 aliphatic heterocycles. The summed E-state index contributed by atoms with van der Waals surface area (Å²) in [5, 5.41) is 14.2. The predicted molar refractivity (Wildman–Crippen MR) is 80.7 cm³/mol. The van der Waals surface area contributed by atoms with E-state index in [1.165, 1.54) is 0 Å². The van der Waals surface area contributed by atoms with E-state index in [1.54, 1.807) is 38.4 Å². The maximum absolute atomic E-state index is 10.9. The molecule has 1 heterocycles. The molecule has 0 saturated carbocycles. The number of benzene rings is 1. The van der Waals surface area contributed by atoms with Crippen molar-refractivity contribution in [2.45, 2.75) is 20.4 Å².